The van der Waals surface area contributed by atoms with Crippen molar-refractivity contribution in [2.45, 2.75) is 84.4 Å². The van der Waals surface area contributed by atoms with E-state index in [9.17, 15) is 14.9 Å². The molecule has 0 amide bonds. The minimum atomic E-state index is -1.41. The summed E-state index contributed by atoms with van der Waals surface area (Å²) in [5, 5.41) is 11.5. The van der Waals surface area contributed by atoms with Crippen LogP contribution in [0, 0.1) is 10.1 Å². The molecule has 0 N–H and O–H groups in total. The Labute approximate surface area is 226 Å². The standard InChI is InChI=1S/C24H38BN2O10P/c1-8-9-35-38(26(15(2)3)16(4)5)37-21-12-23(25)36-22(21)14-34-24(28)33-13-17-10-19(31-6)20(32-7)11-18(17)27(29)30/h10-11,15-16,21-23H,8-9,12-14H2,1-7H3. The van der Waals surface area contributed by atoms with Gasteiger partial charge >= 0.3 is 6.16 Å². The predicted octanol–water partition coefficient (Wildman–Crippen LogP) is 4.71. The lowest BCUT2D eigenvalue weighted by Gasteiger charge is -2.37. The molecule has 38 heavy (non-hydrogen) atoms. The maximum absolute atomic E-state index is 12.3. The highest BCUT2D eigenvalue weighted by Gasteiger charge is 2.39. The Morgan fingerprint density at radius 1 is 1.18 bits per heavy atom. The molecule has 14 heteroatoms. The summed E-state index contributed by atoms with van der Waals surface area (Å²) in [6, 6.07) is 2.35. The van der Waals surface area contributed by atoms with Gasteiger partial charge in [-0.3, -0.25) is 10.1 Å². The van der Waals surface area contributed by atoms with E-state index in [1.54, 1.807) is 0 Å². The number of nitro groups is 1. The topological polar surface area (TPSA) is 128 Å². The second-order valence-corrected chi connectivity index (χ2v) is 10.6. The van der Waals surface area contributed by atoms with Crippen molar-refractivity contribution >= 4 is 28.2 Å². The molecule has 1 aromatic carbocycles. The van der Waals surface area contributed by atoms with Gasteiger partial charge in [0, 0.05) is 18.1 Å². The first kappa shape index (κ1) is 32.0. The van der Waals surface area contributed by atoms with Gasteiger partial charge in [0.05, 0.1) is 43.5 Å². The van der Waals surface area contributed by atoms with Gasteiger partial charge in [0.15, 0.2) is 11.5 Å². The molecule has 0 saturated carbocycles. The third-order valence-corrected chi connectivity index (χ3v) is 7.75. The lowest BCUT2D eigenvalue weighted by Crippen LogP contribution is -2.36. The fourth-order valence-corrected chi connectivity index (χ4v) is 5.79. The first-order chi connectivity index (χ1) is 18.0. The molecule has 1 fully saturated rings. The van der Waals surface area contributed by atoms with Gasteiger partial charge in [0.2, 0.25) is 0 Å². The van der Waals surface area contributed by atoms with Crippen LogP contribution in [0.1, 0.15) is 53.0 Å². The van der Waals surface area contributed by atoms with Gasteiger partial charge in [-0.2, -0.15) is 0 Å². The lowest BCUT2D eigenvalue weighted by molar-refractivity contribution is -0.385. The van der Waals surface area contributed by atoms with E-state index in [2.05, 4.69) is 32.4 Å². The summed E-state index contributed by atoms with van der Waals surface area (Å²) in [7, 11) is 7.37. The molecule has 4 atom stereocenters. The fourth-order valence-electron chi connectivity index (χ4n) is 3.94. The van der Waals surface area contributed by atoms with Crippen molar-refractivity contribution in [3.8, 4) is 11.5 Å². The van der Waals surface area contributed by atoms with Crippen LogP contribution in [0.5, 0.6) is 11.5 Å². The molecular weight excluding hydrogens is 518 g/mol. The second-order valence-electron chi connectivity index (χ2n) is 9.17. The third kappa shape index (κ3) is 8.95. The van der Waals surface area contributed by atoms with Gasteiger partial charge in [-0.15, -0.1) is 0 Å². The number of nitrogens with zero attached hydrogens (tertiary/aromatic N) is 2. The summed E-state index contributed by atoms with van der Waals surface area (Å²) in [5.74, 6) is 0.444. The van der Waals surface area contributed by atoms with Crippen LogP contribution in [0.15, 0.2) is 12.1 Å². The zero-order chi connectivity index (χ0) is 28.4. The van der Waals surface area contributed by atoms with E-state index in [-0.39, 0.29) is 41.4 Å². The van der Waals surface area contributed by atoms with Crippen LogP contribution in [-0.2, 0) is 29.9 Å². The minimum absolute atomic E-state index is 0.117. The number of methoxy groups -OCH3 is 2. The van der Waals surface area contributed by atoms with E-state index >= 15 is 0 Å². The smallest absolute Gasteiger partial charge is 0.493 e. The van der Waals surface area contributed by atoms with E-state index in [4.69, 9.17) is 40.6 Å². The van der Waals surface area contributed by atoms with Crippen LogP contribution in [0.3, 0.4) is 0 Å². The summed E-state index contributed by atoms with van der Waals surface area (Å²) < 4.78 is 41.0. The Balaban J connectivity index is 2.03. The van der Waals surface area contributed by atoms with Gasteiger partial charge in [-0.25, -0.2) is 9.46 Å². The first-order valence-corrected chi connectivity index (χ1v) is 13.6. The zero-order valence-corrected chi connectivity index (χ0v) is 24.0. The van der Waals surface area contributed by atoms with E-state index in [0.717, 1.165) is 6.42 Å². The predicted molar refractivity (Wildman–Crippen MR) is 142 cm³/mol. The van der Waals surface area contributed by atoms with Gasteiger partial charge in [0.25, 0.3) is 14.2 Å². The van der Waals surface area contributed by atoms with E-state index in [1.807, 2.05) is 6.92 Å². The average molecular weight is 556 g/mol. The quantitative estimate of drug-likeness (QED) is 0.0980. The summed E-state index contributed by atoms with van der Waals surface area (Å²) in [5.41, 5.74) is -0.166. The van der Waals surface area contributed by atoms with Crippen LogP contribution < -0.4 is 9.47 Å². The first-order valence-electron chi connectivity index (χ1n) is 12.5. The number of rotatable bonds is 15. The Morgan fingerprint density at radius 3 is 2.37 bits per heavy atom. The molecule has 0 spiro atoms. The molecule has 2 radical (unpaired) electrons. The molecule has 2 rings (SSSR count). The number of ether oxygens (including phenoxy) is 5. The van der Waals surface area contributed by atoms with Crippen molar-refractivity contribution in [3.63, 3.8) is 0 Å². The van der Waals surface area contributed by atoms with Gasteiger partial charge in [0.1, 0.15) is 27.2 Å². The molecule has 1 aliphatic rings. The highest BCUT2D eigenvalue weighted by atomic mass is 31.2. The third-order valence-electron chi connectivity index (χ3n) is 5.60. The van der Waals surface area contributed by atoms with Crippen molar-refractivity contribution in [3.05, 3.63) is 27.8 Å². The SMILES string of the molecule is [B]C1CC(OP(OCCC)N(C(C)C)C(C)C)C(COC(=O)OCc2cc(OC)c(OC)cc2[N+](=O)[O-])O1. The van der Waals surface area contributed by atoms with Crippen molar-refractivity contribution in [2.24, 2.45) is 0 Å². The molecular formula is C24H38BN2O10P. The van der Waals surface area contributed by atoms with E-state index < -0.39 is 44.4 Å². The Hall–Kier alpha value is -2.18. The highest BCUT2D eigenvalue weighted by molar-refractivity contribution is 7.44. The molecule has 1 heterocycles. The number of benzene rings is 1. The number of carbonyl (C=O) groups is 1. The monoisotopic (exact) mass is 556 g/mol. The second kappa shape index (κ2) is 15.4. The molecule has 1 aliphatic heterocycles. The number of hydrogen-bond acceptors (Lipinski definition) is 11. The zero-order valence-electron chi connectivity index (χ0n) is 23.1. The molecule has 4 unspecified atom stereocenters. The number of hydrogen-bond donors (Lipinski definition) is 0. The van der Waals surface area contributed by atoms with Gasteiger partial charge in [-0.05, 0) is 46.6 Å². The van der Waals surface area contributed by atoms with Gasteiger partial charge in [-0.1, -0.05) is 6.92 Å². The van der Waals surface area contributed by atoms with Crippen molar-refractivity contribution in [1.29, 1.82) is 0 Å². The van der Waals surface area contributed by atoms with Crippen molar-refractivity contribution < 1.29 is 42.4 Å². The Kier molecular flexibility index (Phi) is 13.0. The number of carbonyl (C=O) groups excluding carboxylic acids is 1. The lowest BCUT2D eigenvalue weighted by atomic mass is 9.96. The fraction of sp³-hybridized carbons (Fsp3) is 0.708. The Morgan fingerprint density at radius 2 is 1.82 bits per heavy atom. The summed E-state index contributed by atoms with van der Waals surface area (Å²) in [6.45, 7) is 10.3. The van der Waals surface area contributed by atoms with Crippen molar-refractivity contribution in [1.82, 2.24) is 4.67 Å². The normalized spacial score (nSPS) is 20.1. The van der Waals surface area contributed by atoms with E-state index in [1.165, 1.54) is 26.4 Å². The number of nitro benzene ring substituents is 1. The van der Waals surface area contributed by atoms with Crippen LogP contribution in [0.25, 0.3) is 0 Å². The molecule has 1 aromatic rings. The van der Waals surface area contributed by atoms with Crippen LogP contribution in [0.2, 0.25) is 0 Å². The summed E-state index contributed by atoms with van der Waals surface area (Å²) in [6.07, 6.45) is -0.882. The van der Waals surface area contributed by atoms with Gasteiger partial charge < -0.3 is 32.7 Å². The molecule has 212 valence electrons. The Bertz CT molecular complexity index is 914. The summed E-state index contributed by atoms with van der Waals surface area (Å²) >= 11 is 0. The molecule has 0 aromatic heterocycles. The van der Waals surface area contributed by atoms with Crippen molar-refractivity contribution in [2.75, 3.05) is 27.4 Å². The molecule has 12 nitrogen and oxygen atoms in total. The average Bonchev–Trinajstić information content (AvgIpc) is 3.21. The van der Waals surface area contributed by atoms with E-state index in [0.29, 0.717) is 13.0 Å². The van der Waals surface area contributed by atoms with Crippen LogP contribution in [0.4, 0.5) is 10.5 Å². The molecule has 0 bridgehead atoms. The van der Waals surface area contributed by atoms with Crippen LogP contribution >= 0.6 is 8.53 Å². The van der Waals surface area contributed by atoms with Crippen LogP contribution in [-0.4, -0.2) is 81.3 Å². The maximum Gasteiger partial charge on any atom is 0.508 e. The maximum atomic E-state index is 12.3. The molecule has 1 saturated heterocycles. The molecule has 0 aliphatic carbocycles. The highest BCUT2D eigenvalue weighted by Crippen LogP contribution is 2.49. The largest absolute Gasteiger partial charge is 0.508 e. The minimum Gasteiger partial charge on any atom is -0.493 e. The summed E-state index contributed by atoms with van der Waals surface area (Å²) in [4.78, 5) is 23.2.